The maximum Gasteiger partial charge on any atom is 0.259 e. The molecule has 0 aromatic carbocycles. The molecular weight excluding hydrogens is 290 g/mol. The Labute approximate surface area is 136 Å². The van der Waals surface area contributed by atoms with E-state index in [1.165, 1.54) is 0 Å². The number of rotatable bonds is 3. The average molecular weight is 311 g/mol. The van der Waals surface area contributed by atoms with Crippen LogP contribution in [0.15, 0.2) is 30.5 Å². The van der Waals surface area contributed by atoms with Gasteiger partial charge in [-0.2, -0.15) is 0 Å². The van der Waals surface area contributed by atoms with E-state index < -0.39 is 5.41 Å². The molecule has 0 unspecified atom stereocenters. The summed E-state index contributed by atoms with van der Waals surface area (Å²) < 4.78 is 5.32. The number of hydrogen-bond acceptors (Lipinski definition) is 4. The average Bonchev–Trinajstić information content (AvgIpc) is 2.69. The van der Waals surface area contributed by atoms with Crippen LogP contribution in [0.25, 0.3) is 0 Å². The molecule has 0 saturated carbocycles. The Bertz CT molecular complexity index is 754. The van der Waals surface area contributed by atoms with Crippen molar-refractivity contribution in [2.45, 2.75) is 32.1 Å². The number of carbonyl (C=O) groups excluding carboxylic acids is 1. The van der Waals surface area contributed by atoms with Crippen LogP contribution in [0.3, 0.4) is 0 Å². The van der Waals surface area contributed by atoms with Gasteiger partial charge in [-0.15, -0.1) is 0 Å². The van der Waals surface area contributed by atoms with Gasteiger partial charge in [0.15, 0.2) is 0 Å². The van der Waals surface area contributed by atoms with E-state index in [-0.39, 0.29) is 5.91 Å². The van der Waals surface area contributed by atoms with E-state index in [0.29, 0.717) is 11.4 Å². The second-order valence-electron chi connectivity index (χ2n) is 5.77. The lowest BCUT2D eigenvalue weighted by molar-refractivity contribution is 0.0992. The highest BCUT2D eigenvalue weighted by molar-refractivity contribution is 6.08. The number of fused-ring (bicyclic) bond motifs is 2. The molecule has 5 nitrogen and oxygen atoms in total. The van der Waals surface area contributed by atoms with Crippen molar-refractivity contribution in [2.24, 2.45) is 0 Å². The maximum atomic E-state index is 12.9. The zero-order valence-electron chi connectivity index (χ0n) is 14.0. The highest BCUT2D eigenvalue weighted by Crippen LogP contribution is 2.45. The van der Waals surface area contributed by atoms with Crippen LogP contribution in [-0.4, -0.2) is 30.0 Å². The quantitative estimate of drug-likeness (QED) is 0.873. The number of hydrogen-bond donors (Lipinski definition) is 0. The lowest BCUT2D eigenvalue weighted by atomic mass is 9.74. The smallest absolute Gasteiger partial charge is 0.259 e. The Kier molecular flexibility index (Phi) is 3.80. The number of ether oxygens (including phenoxy) is 1. The molecule has 1 amide bonds. The van der Waals surface area contributed by atoms with E-state index in [2.05, 4.69) is 18.8 Å². The van der Waals surface area contributed by atoms with Crippen molar-refractivity contribution in [3.63, 3.8) is 0 Å². The Balaban J connectivity index is 2.42. The molecule has 0 N–H and O–H groups in total. The number of anilines is 1. The Morgan fingerprint density at radius 3 is 2.57 bits per heavy atom. The van der Waals surface area contributed by atoms with Gasteiger partial charge in [0, 0.05) is 19.3 Å². The topological polar surface area (TPSA) is 55.3 Å². The normalized spacial score (nSPS) is 15.7. The fourth-order valence-electron chi connectivity index (χ4n) is 3.45. The Morgan fingerprint density at radius 1 is 1.17 bits per heavy atom. The van der Waals surface area contributed by atoms with Crippen molar-refractivity contribution >= 4 is 11.6 Å². The number of carbonyl (C=O) groups is 1. The van der Waals surface area contributed by atoms with E-state index in [1.54, 1.807) is 31.3 Å². The molecule has 0 atom stereocenters. The summed E-state index contributed by atoms with van der Waals surface area (Å²) in [5.41, 5.74) is 2.73. The van der Waals surface area contributed by atoms with E-state index in [0.717, 1.165) is 29.9 Å². The van der Waals surface area contributed by atoms with Crippen molar-refractivity contribution < 1.29 is 9.53 Å². The first-order chi connectivity index (χ1) is 11.1. The molecule has 0 fully saturated rings. The molecule has 120 valence electrons. The van der Waals surface area contributed by atoms with Gasteiger partial charge < -0.3 is 9.64 Å². The fraction of sp³-hybridized carbons (Fsp3) is 0.389. The second-order valence-corrected chi connectivity index (χ2v) is 5.77. The molecule has 23 heavy (non-hydrogen) atoms. The third kappa shape index (κ3) is 2.11. The van der Waals surface area contributed by atoms with Crippen LogP contribution in [0, 0.1) is 0 Å². The first-order valence-electron chi connectivity index (χ1n) is 7.88. The van der Waals surface area contributed by atoms with Gasteiger partial charge in [-0.1, -0.05) is 13.8 Å². The maximum absolute atomic E-state index is 12.9. The zero-order valence-corrected chi connectivity index (χ0v) is 14.0. The van der Waals surface area contributed by atoms with Gasteiger partial charge in [-0.3, -0.25) is 9.78 Å². The number of aromatic nitrogens is 2. The van der Waals surface area contributed by atoms with Crippen LogP contribution in [0.2, 0.25) is 0 Å². The molecule has 0 aliphatic carbocycles. The van der Waals surface area contributed by atoms with Crippen molar-refractivity contribution in [3.05, 3.63) is 47.4 Å². The van der Waals surface area contributed by atoms with E-state index in [4.69, 9.17) is 9.72 Å². The van der Waals surface area contributed by atoms with Crippen LogP contribution in [0.4, 0.5) is 5.69 Å². The molecule has 0 spiro atoms. The van der Waals surface area contributed by atoms with Crippen LogP contribution in [-0.2, 0) is 5.41 Å². The Hall–Kier alpha value is -2.43. The van der Waals surface area contributed by atoms with E-state index >= 15 is 0 Å². The summed E-state index contributed by atoms with van der Waals surface area (Å²) in [6.07, 6.45) is 3.36. The van der Waals surface area contributed by atoms with Gasteiger partial charge in [0.05, 0.1) is 35.2 Å². The lowest BCUT2D eigenvalue weighted by Crippen LogP contribution is -2.29. The van der Waals surface area contributed by atoms with Gasteiger partial charge in [0.25, 0.3) is 5.91 Å². The molecule has 3 heterocycles. The first kappa shape index (κ1) is 15.5. The number of nitrogens with zero attached hydrogens (tertiary/aromatic N) is 3. The number of amides is 1. The van der Waals surface area contributed by atoms with Crippen LogP contribution >= 0.6 is 0 Å². The molecule has 1 aliphatic heterocycles. The zero-order chi connectivity index (χ0) is 16.6. The lowest BCUT2D eigenvalue weighted by Gasteiger charge is -2.31. The molecule has 2 aromatic heterocycles. The second kappa shape index (κ2) is 5.65. The summed E-state index contributed by atoms with van der Waals surface area (Å²) in [6, 6.07) is 7.36. The summed E-state index contributed by atoms with van der Waals surface area (Å²) in [4.78, 5) is 23.9. The van der Waals surface area contributed by atoms with E-state index in [1.807, 2.05) is 18.2 Å². The van der Waals surface area contributed by atoms with E-state index in [9.17, 15) is 4.79 Å². The minimum absolute atomic E-state index is 0.0508. The largest absolute Gasteiger partial charge is 0.481 e. The van der Waals surface area contributed by atoms with Crippen LogP contribution in [0.1, 0.15) is 48.4 Å². The highest BCUT2D eigenvalue weighted by atomic mass is 16.5. The molecule has 0 saturated heterocycles. The van der Waals surface area contributed by atoms with Gasteiger partial charge >= 0.3 is 0 Å². The third-order valence-corrected chi connectivity index (χ3v) is 4.88. The van der Waals surface area contributed by atoms with Gasteiger partial charge in [0.1, 0.15) is 0 Å². The third-order valence-electron chi connectivity index (χ3n) is 4.88. The van der Waals surface area contributed by atoms with Crippen molar-refractivity contribution in [3.8, 4) is 5.88 Å². The van der Waals surface area contributed by atoms with Crippen molar-refractivity contribution in [1.29, 1.82) is 0 Å². The predicted molar refractivity (Wildman–Crippen MR) is 89.1 cm³/mol. The van der Waals surface area contributed by atoms with Crippen molar-refractivity contribution in [1.82, 2.24) is 9.97 Å². The number of pyridine rings is 2. The molecule has 0 bridgehead atoms. The predicted octanol–water partition coefficient (Wildman–Crippen LogP) is 3.18. The van der Waals surface area contributed by atoms with Gasteiger partial charge in [-0.05, 0) is 31.0 Å². The minimum atomic E-state index is -0.402. The summed E-state index contributed by atoms with van der Waals surface area (Å²) >= 11 is 0. The minimum Gasteiger partial charge on any atom is -0.481 e. The standard InChI is InChI=1S/C18H21N3O2/c1-5-18(6-2)15-12(8-7-11-19-15)17(22)21(3)13-9-10-14(23-4)20-16(13)18/h7-11H,5-6H2,1-4H3. The molecule has 2 aromatic rings. The van der Waals surface area contributed by atoms with Gasteiger partial charge in [0.2, 0.25) is 5.88 Å². The monoisotopic (exact) mass is 311 g/mol. The van der Waals surface area contributed by atoms with Crippen molar-refractivity contribution in [2.75, 3.05) is 19.1 Å². The summed E-state index contributed by atoms with van der Waals surface area (Å²) in [6.45, 7) is 4.23. The molecule has 1 aliphatic rings. The molecule has 0 radical (unpaired) electrons. The first-order valence-corrected chi connectivity index (χ1v) is 7.88. The number of methoxy groups -OCH3 is 1. The summed E-state index contributed by atoms with van der Waals surface area (Å²) in [5, 5.41) is 0. The SMILES string of the molecule is CCC1(CC)c2ncccc2C(=O)N(C)c2ccc(OC)nc21. The summed E-state index contributed by atoms with van der Waals surface area (Å²) in [7, 11) is 3.39. The highest BCUT2D eigenvalue weighted by Gasteiger charge is 2.43. The van der Waals surface area contributed by atoms with Gasteiger partial charge in [-0.25, -0.2) is 4.98 Å². The Morgan fingerprint density at radius 2 is 1.91 bits per heavy atom. The molecular formula is C18H21N3O2. The summed E-state index contributed by atoms with van der Waals surface area (Å²) in [5.74, 6) is 0.500. The van der Waals surface area contributed by atoms with Crippen LogP contribution in [0.5, 0.6) is 5.88 Å². The molecule has 5 heteroatoms. The molecule has 3 rings (SSSR count). The van der Waals surface area contributed by atoms with Crippen LogP contribution < -0.4 is 9.64 Å². The fourth-order valence-corrected chi connectivity index (χ4v) is 3.45.